The Hall–Kier alpha value is -2.16. The third-order valence-electron chi connectivity index (χ3n) is 3.43. The molecule has 2 aromatic carbocycles. The molecule has 0 amide bonds. The van der Waals surface area contributed by atoms with E-state index in [0.717, 1.165) is 5.56 Å². The highest BCUT2D eigenvalue weighted by Crippen LogP contribution is 2.34. The monoisotopic (exact) mass is 288 g/mol. The van der Waals surface area contributed by atoms with E-state index in [1.54, 1.807) is 30.3 Å². The highest BCUT2D eigenvalue weighted by Gasteiger charge is 2.17. The molecule has 3 heteroatoms. The molecule has 2 aromatic rings. The highest BCUT2D eigenvalue weighted by molar-refractivity contribution is 5.80. The van der Waals surface area contributed by atoms with E-state index in [2.05, 4.69) is 0 Å². The average Bonchev–Trinajstić information content (AvgIpc) is 2.50. The van der Waals surface area contributed by atoms with Crippen LogP contribution >= 0.6 is 0 Å². The molecule has 0 fully saturated rings. The van der Waals surface area contributed by atoms with Crippen molar-refractivity contribution in [2.75, 3.05) is 7.11 Å². The zero-order valence-electron chi connectivity index (χ0n) is 12.4. The predicted molar refractivity (Wildman–Crippen MR) is 81.7 cm³/mol. The van der Waals surface area contributed by atoms with E-state index in [0.29, 0.717) is 17.6 Å². The molecular formula is C18H18F2O. The lowest BCUT2D eigenvalue weighted by atomic mass is 9.94. The van der Waals surface area contributed by atoms with Crippen molar-refractivity contribution in [3.05, 3.63) is 71.3 Å². The Morgan fingerprint density at radius 2 is 1.81 bits per heavy atom. The van der Waals surface area contributed by atoms with Gasteiger partial charge in [-0.3, -0.25) is 0 Å². The summed E-state index contributed by atoms with van der Waals surface area (Å²) in [5.41, 5.74) is 1.80. The molecule has 0 aromatic heterocycles. The molecule has 0 heterocycles. The van der Waals surface area contributed by atoms with Crippen LogP contribution in [-0.2, 0) is 0 Å². The van der Waals surface area contributed by atoms with Crippen molar-refractivity contribution in [1.29, 1.82) is 0 Å². The summed E-state index contributed by atoms with van der Waals surface area (Å²) in [6.45, 7) is 3.92. The number of ether oxygens (including phenoxy) is 1. The molecule has 0 radical (unpaired) electrons. The first-order chi connectivity index (χ1) is 10.1. The fourth-order valence-electron chi connectivity index (χ4n) is 2.30. The largest absolute Gasteiger partial charge is 0.496 e. The first-order valence-electron chi connectivity index (χ1n) is 6.82. The van der Waals surface area contributed by atoms with Crippen LogP contribution in [0, 0.1) is 5.82 Å². The molecule has 0 unspecified atom stereocenters. The molecule has 0 bridgehead atoms. The van der Waals surface area contributed by atoms with Gasteiger partial charge in [-0.25, -0.2) is 8.78 Å². The molecule has 2 rings (SSSR count). The van der Waals surface area contributed by atoms with Gasteiger partial charge >= 0.3 is 0 Å². The smallest absolute Gasteiger partial charge is 0.131 e. The predicted octanol–water partition coefficient (Wildman–Crippen LogP) is 5.32. The second-order valence-corrected chi connectivity index (χ2v) is 5.12. The van der Waals surface area contributed by atoms with Crippen molar-refractivity contribution in [1.82, 2.24) is 0 Å². The lowest BCUT2D eigenvalue weighted by molar-refractivity contribution is 0.406. The Bertz CT molecular complexity index is 646. The van der Waals surface area contributed by atoms with Crippen molar-refractivity contribution in [2.45, 2.75) is 19.8 Å². The van der Waals surface area contributed by atoms with E-state index < -0.39 is 5.82 Å². The maximum atomic E-state index is 14.4. The Balaban J connectivity index is 2.58. The molecule has 0 saturated heterocycles. The average molecular weight is 288 g/mol. The van der Waals surface area contributed by atoms with E-state index in [9.17, 15) is 8.78 Å². The van der Waals surface area contributed by atoms with Gasteiger partial charge in [0, 0.05) is 11.1 Å². The minimum Gasteiger partial charge on any atom is -0.496 e. The van der Waals surface area contributed by atoms with Gasteiger partial charge in [0.2, 0.25) is 0 Å². The number of methoxy groups -OCH3 is 1. The van der Waals surface area contributed by atoms with Crippen molar-refractivity contribution in [3.8, 4) is 5.75 Å². The van der Waals surface area contributed by atoms with E-state index in [1.807, 2.05) is 19.9 Å². The lowest BCUT2D eigenvalue weighted by Crippen LogP contribution is -2.00. The Morgan fingerprint density at radius 3 is 2.33 bits per heavy atom. The van der Waals surface area contributed by atoms with Crippen LogP contribution in [0.1, 0.15) is 36.5 Å². The van der Waals surface area contributed by atoms with Gasteiger partial charge in [-0.2, -0.15) is 0 Å². The fourth-order valence-corrected chi connectivity index (χ4v) is 2.30. The third kappa shape index (κ3) is 3.13. The molecule has 21 heavy (non-hydrogen) atoms. The summed E-state index contributed by atoms with van der Waals surface area (Å²) in [7, 11) is 1.53. The minimum absolute atomic E-state index is 0.123. The van der Waals surface area contributed by atoms with Gasteiger partial charge in [0.1, 0.15) is 11.6 Å². The molecule has 0 N–H and O–H groups in total. The van der Waals surface area contributed by atoms with E-state index in [4.69, 9.17) is 4.74 Å². The molecule has 1 nitrogen and oxygen atoms in total. The standard InChI is InChI=1S/C18H18F2O/c1-12(2)14-9-17(20)15(10-18(14)21-3)16(11-19)13-7-5-4-6-8-13/h4-12H,1-3H3/b16-11+. The zero-order chi connectivity index (χ0) is 15.4. The molecule has 0 aliphatic heterocycles. The van der Waals surface area contributed by atoms with Crippen molar-refractivity contribution in [3.63, 3.8) is 0 Å². The summed E-state index contributed by atoms with van der Waals surface area (Å²) < 4.78 is 33.0. The summed E-state index contributed by atoms with van der Waals surface area (Å²) in [4.78, 5) is 0. The maximum absolute atomic E-state index is 14.4. The van der Waals surface area contributed by atoms with Gasteiger partial charge in [0.05, 0.1) is 13.4 Å². The van der Waals surface area contributed by atoms with Crippen LogP contribution in [0.2, 0.25) is 0 Å². The highest BCUT2D eigenvalue weighted by atomic mass is 19.1. The number of halogens is 2. The quantitative estimate of drug-likeness (QED) is 0.740. The Labute approximate surface area is 123 Å². The SMILES string of the molecule is COc1cc(/C(=C/F)c2ccccc2)c(F)cc1C(C)C. The van der Waals surface area contributed by atoms with Crippen LogP contribution < -0.4 is 4.74 Å². The Morgan fingerprint density at radius 1 is 1.14 bits per heavy atom. The van der Waals surface area contributed by atoms with Crippen LogP contribution in [0.25, 0.3) is 5.57 Å². The summed E-state index contributed by atoms with van der Waals surface area (Å²) in [5.74, 6) is 0.238. The topological polar surface area (TPSA) is 9.23 Å². The summed E-state index contributed by atoms with van der Waals surface area (Å²) in [6.07, 6.45) is 0.433. The molecule has 0 aliphatic carbocycles. The van der Waals surface area contributed by atoms with Crippen molar-refractivity contribution >= 4 is 5.57 Å². The van der Waals surface area contributed by atoms with E-state index in [1.165, 1.54) is 13.2 Å². The van der Waals surface area contributed by atoms with Crippen LogP contribution in [0.3, 0.4) is 0 Å². The Kier molecular flexibility index (Phi) is 4.73. The van der Waals surface area contributed by atoms with Gasteiger partial charge in [-0.15, -0.1) is 0 Å². The number of hydrogen-bond donors (Lipinski definition) is 0. The van der Waals surface area contributed by atoms with Crippen LogP contribution in [-0.4, -0.2) is 7.11 Å². The summed E-state index contributed by atoms with van der Waals surface area (Å²) in [6, 6.07) is 11.9. The molecule has 0 atom stereocenters. The molecular weight excluding hydrogens is 270 g/mol. The molecule has 0 spiro atoms. The van der Waals surface area contributed by atoms with E-state index in [-0.39, 0.29) is 17.1 Å². The number of benzene rings is 2. The zero-order valence-corrected chi connectivity index (χ0v) is 12.4. The minimum atomic E-state index is -0.452. The second kappa shape index (κ2) is 6.53. The molecule has 110 valence electrons. The first-order valence-corrected chi connectivity index (χ1v) is 6.82. The van der Waals surface area contributed by atoms with Crippen LogP contribution in [0.15, 0.2) is 48.8 Å². The van der Waals surface area contributed by atoms with Gasteiger partial charge in [-0.05, 0) is 29.2 Å². The molecule has 0 aliphatic rings. The normalized spacial score (nSPS) is 11.8. The first kappa shape index (κ1) is 15.2. The lowest BCUT2D eigenvalue weighted by Gasteiger charge is -2.15. The summed E-state index contributed by atoms with van der Waals surface area (Å²) in [5, 5.41) is 0. The number of hydrogen-bond acceptors (Lipinski definition) is 1. The van der Waals surface area contributed by atoms with Gasteiger partial charge in [-0.1, -0.05) is 44.2 Å². The van der Waals surface area contributed by atoms with Gasteiger partial charge in [0.25, 0.3) is 0 Å². The van der Waals surface area contributed by atoms with Crippen molar-refractivity contribution in [2.24, 2.45) is 0 Å². The van der Waals surface area contributed by atoms with Crippen molar-refractivity contribution < 1.29 is 13.5 Å². The van der Waals surface area contributed by atoms with E-state index >= 15 is 0 Å². The molecule has 0 saturated carbocycles. The van der Waals surface area contributed by atoms with Crippen LogP contribution in [0.4, 0.5) is 8.78 Å². The van der Waals surface area contributed by atoms with Crippen LogP contribution in [0.5, 0.6) is 5.75 Å². The van der Waals surface area contributed by atoms with Gasteiger partial charge in [0.15, 0.2) is 0 Å². The maximum Gasteiger partial charge on any atom is 0.131 e. The third-order valence-corrected chi connectivity index (χ3v) is 3.43. The van der Waals surface area contributed by atoms with Gasteiger partial charge < -0.3 is 4.74 Å². The second-order valence-electron chi connectivity index (χ2n) is 5.12. The number of rotatable bonds is 4. The summed E-state index contributed by atoms with van der Waals surface area (Å²) >= 11 is 0. The fraction of sp³-hybridized carbons (Fsp3) is 0.222.